The molecule has 4 aromatic carbocycles. The van der Waals surface area contributed by atoms with Gasteiger partial charge in [0.25, 0.3) is 0 Å². The Kier molecular flexibility index (Phi) is 12.3. The minimum atomic E-state index is -0.331. The van der Waals surface area contributed by atoms with E-state index in [1.54, 1.807) is 0 Å². The van der Waals surface area contributed by atoms with Crippen LogP contribution in [0.25, 0.3) is 0 Å². The number of benzene rings is 4. The molecule has 0 unspecified atom stereocenters. The van der Waals surface area contributed by atoms with Crippen molar-refractivity contribution >= 4 is 29.3 Å². The van der Waals surface area contributed by atoms with E-state index in [0.29, 0.717) is 38.5 Å². The molecule has 0 heterocycles. The fourth-order valence-electron chi connectivity index (χ4n) is 4.98. The summed E-state index contributed by atoms with van der Waals surface area (Å²) in [6.45, 7) is 3.17. The van der Waals surface area contributed by atoms with Gasteiger partial charge in [0, 0.05) is 52.4 Å². The van der Waals surface area contributed by atoms with E-state index in [1.807, 2.05) is 97.1 Å². The van der Waals surface area contributed by atoms with Gasteiger partial charge in [0.05, 0.1) is 0 Å². The third kappa shape index (κ3) is 11.7. The van der Waals surface area contributed by atoms with Gasteiger partial charge in [-0.1, -0.05) is 97.1 Å². The molecular weight excluding hydrogens is 580 g/mol. The van der Waals surface area contributed by atoms with Crippen LogP contribution in [-0.2, 0) is 85.2 Å². The molecule has 0 radical (unpaired) electrons. The Morgan fingerprint density at radius 1 is 0.348 bits per heavy atom. The lowest BCUT2D eigenvalue weighted by molar-refractivity contribution is -0.143. The van der Waals surface area contributed by atoms with Crippen LogP contribution < -0.4 is 0 Å². The van der Waals surface area contributed by atoms with Gasteiger partial charge in [-0.3, -0.25) is 24.0 Å². The summed E-state index contributed by atoms with van der Waals surface area (Å²) in [6, 6.07) is 30.1. The second kappa shape index (κ2) is 16.8. The van der Waals surface area contributed by atoms with Crippen molar-refractivity contribution in [2.45, 2.75) is 65.6 Å². The Morgan fingerprint density at radius 2 is 0.522 bits per heavy atom. The summed E-state index contributed by atoms with van der Waals surface area (Å²) in [6.07, 6.45) is 1.84. The molecule has 46 heavy (non-hydrogen) atoms. The SMILES string of the molecule is CC(=O)OCc1ccc(CC(=O)Cc2ccc(CC(=O)Cc3ccc(CC(=O)Cc4ccc(COC(C)=O)cc4)cc3)cc2)cc1. The van der Waals surface area contributed by atoms with E-state index in [4.69, 9.17) is 9.47 Å². The average molecular weight is 619 g/mol. The Morgan fingerprint density at radius 3 is 0.696 bits per heavy atom. The van der Waals surface area contributed by atoms with Crippen LogP contribution >= 0.6 is 0 Å². The van der Waals surface area contributed by atoms with Gasteiger partial charge in [-0.2, -0.15) is 0 Å². The van der Waals surface area contributed by atoms with Crippen LogP contribution in [0.15, 0.2) is 97.1 Å². The van der Waals surface area contributed by atoms with Crippen molar-refractivity contribution < 1.29 is 33.4 Å². The molecule has 7 nitrogen and oxygen atoms in total. The maximum absolute atomic E-state index is 12.8. The van der Waals surface area contributed by atoms with Crippen LogP contribution in [0, 0.1) is 0 Å². The smallest absolute Gasteiger partial charge is 0.302 e. The lowest BCUT2D eigenvalue weighted by Gasteiger charge is -2.07. The van der Waals surface area contributed by atoms with E-state index < -0.39 is 0 Å². The fourth-order valence-corrected chi connectivity index (χ4v) is 4.98. The third-order valence-corrected chi connectivity index (χ3v) is 7.38. The number of carbonyl (C=O) groups is 5. The molecule has 0 atom stereocenters. The molecular formula is C39H38O7. The second-order valence-corrected chi connectivity index (χ2v) is 11.5. The minimum Gasteiger partial charge on any atom is -0.461 e. The van der Waals surface area contributed by atoms with Crippen molar-refractivity contribution in [1.29, 1.82) is 0 Å². The monoisotopic (exact) mass is 618 g/mol. The molecule has 0 spiro atoms. The highest BCUT2D eigenvalue weighted by atomic mass is 16.5. The van der Waals surface area contributed by atoms with Crippen LogP contribution in [0.4, 0.5) is 0 Å². The van der Waals surface area contributed by atoms with Crippen LogP contribution in [-0.4, -0.2) is 29.3 Å². The van der Waals surface area contributed by atoms with E-state index in [9.17, 15) is 24.0 Å². The van der Waals surface area contributed by atoms with E-state index in [2.05, 4.69) is 0 Å². The zero-order chi connectivity index (χ0) is 32.9. The molecule has 7 heteroatoms. The van der Waals surface area contributed by atoms with Gasteiger partial charge in [-0.05, 0) is 44.5 Å². The molecule has 0 fully saturated rings. The summed E-state index contributed by atoms with van der Waals surface area (Å²) < 4.78 is 9.98. The molecule has 0 saturated heterocycles. The van der Waals surface area contributed by atoms with Crippen molar-refractivity contribution in [3.63, 3.8) is 0 Å². The number of carbonyl (C=O) groups excluding carboxylic acids is 5. The predicted molar refractivity (Wildman–Crippen MR) is 174 cm³/mol. The minimum absolute atomic E-state index is 0.0851. The maximum atomic E-state index is 12.8. The summed E-state index contributed by atoms with van der Waals surface area (Å²) in [5.41, 5.74) is 7.13. The average Bonchev–Trinajstić information content (AvgIpc) is 3.02. The highest BCUT2D eigenvalue weighted by molar-refractivity contribution is 5.85. The molecule has 0 aromatic heterocycles. The summed E-state index contributed by atoms with van der Waals surface area (Å²) >= 11 is 0. The third-order valence-electron chi connectivity index (χ3n) is 7.38. The molecule has 0 aliphatic heterocycles. The molecule has 0 amide bonds. The molecule has 0 aliphatic carbocycles. The molecule has 236 valence electrons. The quantitative estimate of drug-likeness (QED) is 0.145. The van der Waals surface area contributed by atoms with Gasteiger partial charge in [-0.25, -0.2) is 0 Å². The standard InChI is InChI=1S/C39H38O7/c1-27(40)45-25-35-15-11-33(12-16-35)23-38(43)21-31-7-3-29(4-8-31)19-37(42)20-30-5-9-32(10-6-30)22-39(44)24-34-13-17-36(18-14-34)26-46-28(2)41/h3-18H,19-26H2,1-2H3. The number of esters is 2. The first-order valence-electron chi connectivity index (χ1n) is 15.2. The first-order chi connectivity index (χ1) is 22.1. The lowest BCUT2D eigenvalue weighted by Crippen LogP contribution is -2.09. The maximum Gasteiger partial charge on any atom is 0.302 e. The van der Waals surface area contributed by atoms with Crippen molar-refractivity contribution in [2.24, 2.45) is 0 Å². The van der Waals surface area contributed by atoms with E-state index in [-0.39, 0.29) is 42.5 Å². The summed E-state index contributed by atoms with van der Waals surface area (Å²) in [7, 11) is 0. The van der Waals surface area contributed by atoms with Gasteiger partial charge in [0.2, 0.25) is 0 Å². The molecule has 4 rings (SSSR count). The molecule has 0 bridgehead atoms. The Bertz CT molecular complexity index is 1520. The topological polar surface area (TPSA) is 104 Å². The summed E-state index contributed by atoms with van der Waals surface area (Å²) in [5.74, 6) is -0.395. The number of ketones is 3. The Hall–Kier alpha value is -5.17. The van der Waals surface area contributed by atoms with Gasteiger partial charge >= 0.3 is 11.9 Å². The highest BCUT2D eigenvalue weighted by Crippen LogP contribution is 2.14. The number of hydrogen-bond acceptors (Lipinski definition) is 7. The van der Waals surface area contributed by atoms with Crippen LogP contribution in [0.3, 0.4) is 0 Å². The molecule has 0 N–H and O–H groups in total. The van der Waals surface area contributed by atoms with Gasteiger partial charge in [0.1, 0.15) is 30.6 Å². The van der Waals surface area contributed by atoms with Crippen molar-refractivity contribution in [1.82, 2.24) is 0 Å². The fraction of sp³-hybridized carbons (Fsp3) is 0.256. The lowest BCUT2D eigenvalue weighted by atomic mass is 9.97. The van der Waals surface area contributed by atoms with E-state index in [0.717, 1.165) is 44.5 Å². The van der Waals surface area contributed by atoms with Crippen molar-refractivity contribution in [2.75, 3.05) is 0 Å². The van der Waals surface area contributed by atoms with Crippen molar-refractivity contribution in [3.05, 3.63) is 142 Å². The number of ether oxygens (including phenoxy) is 2. The number of hydrogen-bond donors (Lipinski definition) is 0. The summed E-state index contributed by atoms with van der Waals surface area (Å²) in [5, 5.41) is 0. The number of Topliss-reactive ketones (excluding diaryl/α,β-unsaturated/α-hetero) is 3. The summed E-state index contributed by atoms with van der Waals surface area (Å²) in [4.78, 5) is 59.9. The van der Waals surface area contributed by atoms with Crippen LogP contribution in [0.1, 0.15) is 58.4 Å². The first-order valence-corrected chi connectivity index (χ1v) is 15.2. The highest BCUT2D eigenvalue weighted by Gasteiger charge is 2.10. The molecule has 0 aliphatic rings. The predicted octanol–water partition coefficient (Wildman–Crippen LogP) is 5.88. The normalized spacial score (nSPS) is 10.7. The zero-order valence-corrected chi connectivity index (χ0v) is 26.3. The van der Waals surface area contributed by atoms with Crippen LogP contribution in [0.5, 0.6) is 0 Å². The van der Waals surface area contributed by atoms with Gasteiger partial charge in [0.15, 0.2) is 0 Å². The van der Waals surface area contributed by atoms with E-state index >= 15 is 0 Å². The largest absolute Gasteiger partial charge is 0.461 e. The van der Waals surface area contributed by atoms with Crippen LogP contribution in [0.2, 0.25) is 0 Å². The van der Waals surface area contributed by atoms with Gasteiger partial charge in [-0.15, -0.1) is 0 Å². The molecule has 4 aromatic rings. The van der Waals surface area contributed by atoms with E-state index in [1.165, 1.54) is 13.8 Å². The van der Waals surface area contributed by atoms with Crippen molar-refractivity contribution in [3.8, 4) is 0 Å². The Balaban J connectivity index is 1.18. The number of rotatable bonds is 16. The second-order valence-electron chi connectivity index (χ2n) is 11.5. The zero-order valence-electron chi connectivity index (χ0n) is 26.3. The molecule has 0 saturated carbocycles. The first kappa shape index (κ1) is 33.7. The van der Waals surface area contributed by atoms with Gasteiger partial charge < -0.3 is 9.47 Å². The Labute approximate surface area is 269 Å².